The van der Waals surface area contributed by atoms with Gasteiger partial charge in [0.05, 0.1) is 0 Å². The third-order valence-corrected chi connectivity index (χ3v) is 9.21. The Morgan fingerprint density at radius 3 is 2.00 bits per heavy atom. The first kappa shape index (κ1) is 26.5. The lowest BCUT2D eigenvalue weighted by Crippen LogP contribution is -2.27. The molecule has 8 rings (SSSR count). The van der Waals surface area contributed by atoms with E-state index in [4.69, 9.17) is 0 Å². The van der Waals surface area contributed by atoms with Gasteiger partial charge in [0.2, 0.25) is 0 Å². The number of aryl methyl sites for hydroxylation is 2. The van der Waals surface area contributed by atoms with Crippen molar-refractivity contribution in [1.29, 1.82) is 0 Å². The minimum absolute atomic E-state index is 0.0123. The number of halogens is 2. The van der Waals surface area contributed by atoms with Gasteiger partial charge in [-0.1, -0.05) is 114 Å². The van der Waals surface area contributed by atoms with Gasteiger partial charge in [-0.3, -0.25) is 0 Å². The van der Waals surface area contributed by atoms with Gasteiger partial charge in [0, 0.05) is 5.92 Å². The van der Waals surface area contributed by atoms with Gasteiger partial charge < -0.3 is 0 Å². The molecule has 0 radical (unpaired) electrons. The molecule has 1 aliphatic rings. The molecule has 0 saturated heterocycles. The van der Waals surface area contributed by atoms with Gasteiger partial charge in [-0.15, -0.1) is 0 Å². The van der Waals surface area contributed by atoms with E-state index in [1.54, 1.807) is 0 Å². The Balaban J connectivity index is 1.51. The zero-order valence-corrected chi connectivity index (χ0v) is 24.7. The number of benzene rings is 7. The van der Waals surface area contributed by atoms with Gasteiger partial charge in [0.15, 0.2) is 11.6 Å². The van der Waals surface area contributed by atoms with Gasteiger partial charge in [0.25, 0.3) is 0 Å². The highest BCUT2D eigenvalue weighted by Crippen LogP contribution is 2.45. The summed E-state index contributed by atoms with van der Waals surface area (Å²) >= 11 is 0. The quantitative estimate of drug-likeness (QED) is 0.185. The highest BCUT2D eigenvalue weighted by molar-refractivity contribution is 6.17. The molecular weight excluding hydrogens is 542 g/mol. The van der Waals surface area contributed by atoms with Crippen LogP contribution in [0.15, 0.2) is 115 Å². The third kappa shape index (κ3) is 4.41. The first-order valence-electron chi connectivity index (χ1n) is 15.2. The van der Waals surface area contributed by atoms with Crippen molar-refractivity contribution < 1.29 is 8.78 Å². The molecule has 0 unspecified atom stereocenters. The molecule has 0 bridgehead atoms. The van der Waals surface area contributed by atoms with Crippen LogP contribution in [-0.4, -0.2) is 0 Å². The Morgan fingerprint density at radius 1 is 0.523 bits per heavy atom. The summed E-state index contributed by atoms with van der Waals surface area (Å²) in [7, 11) is 0. The number of hydrogen-bond acceptors (Lipinski definition) is 0. The SMILES string of the molecule is Cc1ccc(-c2ccc3c([C@H]4C=c5ccccc5=CC4)c4cc(F)c(F)cc4c(-c4ccc5ccc(C)cc5c4)c3c2)cc1. The molecule has 2 heteroatoms. The van der Waals surface area contributed by atoms with Gasteiger partial charge in [-0.25, -0.2) is 8.78 Å². The molecule has 0 amide bonds. The van der Waals surface area contributed by atoms with Crippen LogP contribution in [0.4, 0.5) is 8.78 Å². The van der Waals surface area contributed by atoms with E-state index in [0.717, 1.165) is 71.8 Å². The molecule has 1 aliphatic carbocycles. The first-order chi connectivity index (χ1) is 21.4. The van der Waals surface area contributed by atoms with Crippen molar-refractivity contribution in [3.8, 4) is 22.3 Å². The summed E-state index contributed by atoms with van der Waals surface area (Å²) in [6.45, 7) is 4.18. The number of fused-ring (bicyclic) bond motifs is 4. The van der Waals surface area contributed by atoms with Crippen LogP contribution < -0.4 is 10.4 Å². The normalized spacial score (nSPS) is 14.4. The summed E-state index contributed by atoms with van der Waals surface area (Å²) in [6.07, 6.45) is 5.34. The Bertz CT molecular complexity index is 2400. The summed E-state index contributed by atoms with van der Waals surface area (Å²) in [5.74, 6) is -1.65. The molecule has 0 aliphatic heterocycles. The summed E-state index contributed by atoms with van der Waals surface area (Å²) in [6, 6.07) is 39.2. The lowest BCUT2D eigenvalue weighted by molar-refractivity contribution is 0.511. The van der Waals surface area contributed by atoms with Crippen LogP contribution in [0.1, 0.15) is 29.0 Å². The van der Waals surface area contributed by atoms with Gasteiger partial charge in [0.1, 0.15) is 0 Å². The van der Waals surface area contributed by atoms with Crippen molar-refractivity contribution in [1.82, 2.24) is 0 Å². The second-order valence-electron chi connectivity index (χ2n) is 12.1. The topological polar surface area (TPSA) is 0 Å². The van der Waals surface area contributed by atoms with E-state index in [1.807, 2.05) is 0 Å². The maximum atomic E-state index is 15.2. The largest absolute Gasteiger partial charge is 0.204 e. The van der Waals surface area contributed by atoms with Gasteiger partial charge in [-0.05, 0) is 115 Å². The fourth-order valence-electron chi connectivity index (χ4n) is 7.00. The molecule has 7 aromatic rings. The Hall–Kier alpha value is -5.08. The molecule has 212 valence electrons. The molecule has 0 fully saturated rings. The van der Waals surface area contributed by atoms with Crippen LogP contribution in [0.3, 0.4) is 0 Å². The van der Waals surface area contributed by atoms with E-state index in [1.165, 1.54) is 28.5 Å². The van der Waals surface area contributed by atoms with E-state index >= 15 is 8.78 Å². The maximum absolute atomic E-state index is 15.2. The fourth-order valence-corrected chi connectivity index (χ4v) is 7.00. The molecule has 1 atom stereocenters. The van der Waals surface area contributed by atoms with Crippen molar-refractivity contribution in [3.05, 3.63) is 154 Å². The predicted octanol–water partition coefficient (Wildman–Crippen LogP) is 10.1. The van der Waals surface area contributed by atoms with Crippen LogP contribution in [0.2, 0.25) is 0 Å². The third-order valence-electron chi connectivity index (χ3n) is 9.21. The molecule has 44 heavy (non-hydrogen) atoms. The summed E-state index contributed by atoms with van der Waals surface area (Å²) in [4.78, 5) is 0. The summed E-state index contributed by atoms with van der Waals surface area (Å²) in [5.41, 5.74) is 7.55. The lowest BCUT2D eigenvalue weighted by Gasteiger charge is -2.23. The average molecular weight is 573 g/mol. The first-order valence-corrected chi connectivity index (χ1v) is 15.2. The number of hydrogen-bond donors (Lipinski definition) is 0. The van der Waals surface area contributed by atoms with Crippen LogP contribution >= 0.6 is 0 Å². The molecule has 0 aromatic heterocycles. The van der Waals surface area contributed by atoms with Crippen molar-refractivity contribution >= 4 is 44.5 Å². The van der Waals surface area contributed by atoms with E-state index < -0.39 is 11.6 Å². The number of rotatable bonds is 3. The minimum Gasteiger partial charge on any atom is -0.204 e. The van der Waals surface area contributed by atoms with Gasteiger partial charge in [-0.2, -0.15) is 0 Å². The molecule has 7 aromatic carbocycles. The smallest absolute Gasteiger partial charge is 0.159 e. The van der Waals surface area contributed by atoms with Crippen LogP contribution in [0, 0.1) is 25.5 Å². The lowest BCUT2D eigenvalue weighted by atomic mass is 9.80. The highest BCUT2D eigenvalue weighted by Gasteiger charge is 2.23. The fraction of sp³-hybridized carbons (Fsp3) is 0.0952. The summed E-state index contributed by atoms with van der Waals surface area (Å²) in [5, 5.41) is 8.23. The van der Waals surface area contributed by atoms with Crippen LogP contribution in [0.5, 0.6) is 0 Å². The standard InChI is InChI=1S/C42H30F2/c1-25-7-10-28(11-8-25)31-17-18-35-36(22-31)42(33-16-14-29-12-9-26(2)19-34(29)21-33)38-24-40(44)39(43)23-37(38)41(35)32-15-13-27-5-3-4-6-30(27)20-32/h3-14,16-24,32H,15H2,1-2H3/t32-/m1/s1. The van der Waals surface area contributed by atoms with Crippen molar-refractivity contribution in [2.45, 2.75) is 26.2 Å². The zero-order chi connectivity index (χ0) is 29.9. The molecule has 0 spiro atoms. The maximum Gasteiger partial charge on any atom is 0.159 e. The predicted molar refractivity (Wildman–Crippen MR) is 181 cm³/mol. The Morgan fingerprint density at radius 2 is 1.18 bits per heavy atom. The van der Waals surface area contributed by atoms with E-state index in [2.05, 4.69) is 129 Å². The molecular formula is C42H30F2. The minimum atomic E-state index is -0.833. The Kier molecular flexibility index (Phi) is 6.20. The highest BCUT2D eigenvalue weighted by atomic mass is 19.2. The zero-order valence-electron chi connectivity index (χ0n) is 24.7. The monoisotopic (exact) mass is 572 g/mol. The van der Waals surface area contributed by atoms with Crippen molar-refractivity contribution in [2.24, 2.45) is 0 Å². The molecule has 0 heterocycles. The van der Waals surface area contributed by atoms with Crippen LogP contribution in [0.25, 0.3) is 66.7 Å². The van der Waals surface area contributed by atoms with E-state index in [-0.39, 0.29) is 5.92 Å². The molecule has 0 nitrogen and oxygen atoms in total. The van der Waals surface area contributed by atoms with Gasteiger partial charge >= 0.3 is 0 Å². The van der Waals surface area contributed by atoms with E-state index in [9.17, 15) is 0 Å². The molecule has 0 N–H and O–H groups in total. The van der Waals surface area contributed by atoms with Crippen molar-refractivity contribution in [3.63, 3.8) is 0 Å². The van der Waals surface area contributed by atoms with Crippen molar-refractivity contribution in [2.75, 3.05) is 0 Å². The summed E-state index contributed by atoms with van der Waals surface area (Å²) < 4.78 is 30.4. The Labute approximate surface area is 255 Å². The molecule has 0 saturated carbocycles. The second kappa shape index (κ2) is 10.3. The second-order valence-corrected chi connectivity index (χ2v) is 12.1. The van der Waals surface area contributed by atoms with E-state index in [0.29, 0.717) is 0 Å². The average Bonchev–Trinajstić information content (AvgIpc) is 3.04. The van der Waals surface area contributed by atoms with Crippen LogP contribution in [-0.2, 0) is 0 Å².